The Hall–Kier alpha value is -4.64. The first-order chi connectivity index (χ1) is 17.5. The fourth-order valence-electron chi connectivity index (χ4n) is 3.25. The highest BCUT2D eigenvalue weighted by molar-refractivity contribution is 8.00. The minimum atomic E-state index is -1.43. The van der Waals surface area contributed by atoms with Crippen LogP contribution in [-0.2, 0) is 4.79 Å². The summed E-state index contributed by atoms with van der Waals surface area (Å²) in [5, 5.41) is 32.4. The van der Waals surface area contributed by atoms with Crippen LogP contribution in [0.2, 0.25) is 0 Å². The molecule has 0 fully saturated rings. The van der Waals surface area contributed by atoms with E-state index in [1.165, 1.54) is 23.9 Å². The molecular formula is C26H22N2O8S. The predicted octanol–water partition coefficient (Wildman–Crippen LogP) is 4.46. The fraction of sp³-hybridized carbons (Fsp3) is 0.115. The number of hydrogen-bond donors (Lipinski definition) is 5. The molecule has 2 amide bonds. The van der Waals surface area contributed by atoms with Gasteiger partial charge in [-0.05, 0) is 74.0 Å². The zero-order chi connectivity index (χ0) is 27.3. The topological polar surface area (TPSA) is 170 Å². The van der Waals surface area contributed by atoms with Crippen molar-refractivity contribution < 1.29 is 39.3 Å². The van der Waals surface area contributed by atoms with Crippen LogP contribution in [0.4, 0.5) is 11.4 Å². The Morgan fingerprint density at radius 2 is 1.32 bits per heavy atom. The summed E-state index contributed by atoms with van der Waals surface area (Å²) in [5.41, 5.74) is 0.681. The monoisotopic (exact) mass is 522 g/mol. The zero-order valence-corrected chi connectivity index (χ0v) is 20.5. The van der Waals surface area contributed by atoms with Gasteiger partial charge in [0.05, 0.1) is 27.5 Å². The third kappa shape index (κ3) is 6.73. The number of carboxylic acid groups (broad SMARTS) is 3. The van der Waals surface area contributed by atoms with Crippen LogP contribution >= 0.6 is 11.8 Å². The highest BCUT2D eigenvalue weighted by Gasteiger charge is 2.20. The molecule has 37 heavy (non-hydrogen) atoms. The van der Waals surface area contributed by atoms with Crippen LogP contribution in [0.15, 0.2) is 65.6 Å². The van der Waals surface area contributed by atoms with Crippen LogP contribution in [0.25, 0.3) is 0 Å². The van der Waals surface area contributed by atoms with Gasteiger partial charge in [-0.2, -0.15) is 0 Å². The number of hydrogen-bond acceptors (Lipinski definition) is 6. The van der Waals surface area contributed by atoms with Gasteiger partial charge >= 0.3 is 17.9 Å². The van der Waals surface area contributed by atoms with Gasteiger partial charge in [0.15, 0.2) is 0 Å². The lowest BCUT2D eigenvalue weighted by Gasteiger charge is -2.14. The molecule has 3 rings (SSSR count). The van der Waals surface area contributed by atoms with Crippen LogP contribution in [0.1, 0.15) is 53.9 Å². The Morgan fingerprint density at radius 3 is 1.92 bits per heavy atom. The molecule has 3 aromatic carbocycles. The van der Waals surface area contributed by atoms with E-state index < -0.39 is 34.6 Å². The van der Waals surface area contributed by atoms with Crippen LogP contribution in [-0.4, -0.2) is 50.3 Å². The maximum atomic E-state index is 12.7. The lowest BCUT2D eigenvalue weighted by molar-refractivity contribution is -0.115. The molecule has 0 saturated carbocycles. The van der Waals surface area contributed by atoms with Crippen LogP contribution in [0.3, 0.4) is 0 Å². The Bertz CT molecular complexity index is 1400. The van der Waals surface area contributed by atoms with Gasteiger partial charge in [0, 0.05) is 16.3 Å². The van der Waals surface area contributed by atoms with Crippen molar-refractivity contribution in [2.75, 3.05) is 10.6 Å². The maximum Gasteiger partial charge on any atom is 0.336 e. The predicted molar refractivity (Wildman–Crippen MR) is 137 cm³/mol. The molecule has 0 aromatic heterocycles. The summed E-state index contributed by atoms with van der Waals surface area (Å²) >= 11 is 1.25. The van der Waals surface area contributed by atoms with E-state index in [1.54, 1.807) is 44.2 Å². The van der Waals surface area contributed by atoms with E-state index in [1.807, 2.05) is 0 Å². The molecule has 0 saturated heterocycles. The van der Waals surface area contributed by atoms with Gasteiger partial charge in [-0.1, -0.05) is 6.07 Å². The number of nitrogens with one attached hydrogen (secondary N) is 2. The molecule has 0 bridgehead atoms. The van der Waals surface area contributed by atoms with Crippen molar-refractivity contribution >= 4 is 52.9 Å². The van der Waals surface area contributed by atoms with Crippen LogP contribution in [0, 0.1) is 6.92 Å². The highest BCUT2D eigenvalue weighted by atomic mass is 32.2. The molecule has 0 spiro atoms. The maximum absolute atomic E-state index is 12.7. The second-order valence-electron chi connectivity index (χ2n) is 7.93. The molecule has 10 nitrogen and oxygen atoms in total. The molecule has 1 unspecified atom stereocenters. The summed E-state index contributed by atoms with van der Waals surface area (Å²) in [6.07, 6.45) is 0. The van der Waals surface area contributed by atoms with Crippen molar-refractivity contribution in [3.63, 3.8) is 0 Å². The minimum Gasteiger partial charge on any atom is -0.478 e. The summed E-state index contributed by atoms with van der Waals surface area (Å²) in [5.74, 6) is -4.88. The molecule has 0 aliphatic rings. The standard InChI is InChI=1S/C26H22N2O8S/c1-13-3-4-16(25(33)34)12-21(13)28-22(29)14(2)37-18-8-6-17(7-9-18)27-23(30)19-10-5-15(24(31)32)11-20(19)26(35)36/h3-12,14H,1-2H3,(H,27,30)(H,28,29)(H,31,32)(H,33,34)(H,35,36). The SMILES string of the molecule is Cc1ccc(C(=O)O)cc1NC(=O)C(C)Sc1ccc(NC(=O)c2ccc(C(=O)O)cc2C(=O)O)cc1. The molecule has 0 aliphatic heterocycles. The second-order valence-corrected chi connectivity index (χ2v) is 9.35. The average Bonchev–Trinajstić information content (AvgIpc) is 2.85. The van der Waals surface area contributed by atoms with Gasteiger partial charge in [-0.3, -0.25) is 9.59 Å². The molecule has 3 aromatic rings. The first-order valence-electron chi connectivity index (χ1n) is 10.8. The summed E-state index contributed by atoms with van der Waals surface area (Å²) in [7, 11) is 0. The van der Waals surface area contributed by atoms with E-state index in [-0.39, 0.29) is 22.6 Å². The average molecular weight is 523 g/mol. The Balaban J connectivity index is 1.66. The van der Waals surface area contributed by atoms with Gasteiger partial charge in [-0.25, -0.2) is 14.4 Å². The lowest BCUT2D eigenvalue weighted by Crippen LogP contribution is -2.23. The molecule has 5 N–H and O–H groups in total. The van der Waals surface area contributed by atoms with E-state index in [9.17, 15) is 29.1 Å². The molecule has 0 radical (unpaired) electrons. The van der Waals surface area contributed by atoms with Gasteiger partial charge in [0.2, 0.25) is 5.91 Å². The normalized spacial score (nSPS) is 11.3. The lowest BCUT2D eigenvalue weighted by atomic mass is 10.0. The molecule has 1 atom stereocenters. The number of carbonyl (C=O) groups is 5. The number of anilines is 2. The summed E-state index contributed by atoms with van der Waals surface area (Å²) in [6, 6.07) is 14.2. The summed E-state index contributed by atoms with van der Waals surface area (Å²) < 4.78 is 0. The Kier molecular flexibility index (Phi) is 8.30. The summed E-state index contributed by atoms with van der Waals surface area (Å²) in [6.45, 7) is 3.45. The number of rotatable bonds is 9. The van der Waals surface area contributed by atoms with Crippen LogP contribution < -0.4 is 10.6 Å². The highest BCUT2D eigenvalue weighted by Crippen LogP contribution is 2.27. The second kappa shape index (κ2) is 11.4. The first kappa shape index (κ1) is 27.0. The first-order valence-corrected chi connectivity index (χ1v) is 11.7. The number of aryl methyl sites for hydroxylation is 1. The van der Waals surface area contributed by atoms with Crippen molar-refractivity contribution in [2.45, 2.75) is 24.0 Å². The molecule has 0 aliphatic carbocycles. The molecular weight excluding hydrogens is 500 g/mol. The molecule has 0 heterocycles. The Labute approximate surface area is 215 Å². The quantitative estimate of drug-likeness (QED) is 0.255. The number of thioether (sulfide) groups is 1. The van der Waals surface area contributed by atoms with E-state index >= 15 is 0 Å². The van der Waals surface area contributed by atoms with Gasteiger partial charge in [-0.15, -0.1) is 11.8 Å². The van der Waals surface area contributed by atoms with Crippen molar-refractivity contribution in [1.29, 1.82) is 0 Å². The van der Waals surface area contributed by atoms with Crippen molar-refractivity contribution in [1.82, 2.24) is 0 Å². The Morgan fingerprint density at radius 1 is 0.730 bits per heavy atom. The summed E-state index contributed by atoms with van der Waals surface area (Å²) in [4.78, 5) is 59.8. The van der Waals surface area contributed by atoms with Crippen molar-refractivity contribution in [2.24, 2.45) is 0 Å². The minimum absolute atomic E-state index is 0.0622. The van der Waals surface area contributed by atoms with E-state index in [0.717, 1.165) is 23.8 Å². The largest absolute Gasteiger partial charge is 0.478 e. The smallest absolute Gasteiger partial charge is 0.336 e. The van der Waals surface area contributed by atoms with Crippen molar-refractivity contribution in [3.8, 4) is 0 Å². The fourth-order valence-corrected chi connectivity index (χ4v) is 4.12. The number of carbonyl (C=O) groups excluding carboxylic acids is 2. The third-order valence-corrected chi connectivity index (χ3v) is 6.39. The van der Waals surface area contributed by atoms with Gasteiger partial charge in [0.25, 0.3) is 5.91 Å². The van der Waals surface area contributed by atoms with E-state index in [4.69, 9.17) is 10.2 Å². The van der Waals surface area contributed by atoms with E-state index in [2.05, 4.69) is 10.6 Å². The molecule has 11 heteroatoms. The number of benzene rings is 3. The van der Waals surface area contributed by atoms with Gasteiger partial charge in [0.1, 0.15) is 0 Å². The number of carboxylic acids is 3. The van der Waals surface area contributed by atoms with Crippen molar-refractivity contribution in [3.05, 3.63) is 88.5 Å². The van der Waals surface area contributed by atoms with E-state index in [0.29, 0.717) is 16.3 Å². The van der Waals surface area contributed by atoms with Crippen LogP contribution in [0.5, 0.6) is 0 Å². The molecule has 190 valence electrons. The number of amides is 2. The third-order valence-electron chi connectivity index (χ3n) is 5.28. The zero-order valence-electron chi connectivity index (χ0n) is 19.6. The van der Waals surface area contributed by atoms with Gasteiger partial charge < -0.3 is 26.0 Å². The number of aromatic carboxylic acids is 3.